The van der Waals surface area contributed by atoms with Crippen molar-refractivity contribution in [3.05, 3.63) is 35.4 Å². The third-order valence-electron chi connectivity index (χ3n) is 4.53. The first-order valence-corrected chi connectivity index (χ1v) is 7.80. The first kappa shape index (κ1) is 15.4. The van der Waals surface area contributed by atoms with Crippen molar-refractivity contribution < 1.29 is 8.78 Å². The van der Waals surface area contributed by atoms with Crippen molar-refractivity contribution in [2.24, 2.45) is 5.92 Å². The highest BCUT2D eigenvalue weighted by molar-refractivity contribution is 5.19. The fraction of sp³-hybridized carbons (Fsp3) is 0.647. The zero-order valence-electron chi connectivity index (χ0n) is 12.3. The minimum absolute atomic E-state index is 0.230. The third kappa shape index (κ3) is 4.55. The molecule has 1 aromatic carbocycles. The number of halogens is 2. The predicted octanol–water partition coefficient (Wildman–Crippen LogP) is 4.46. The van der Waals surface area contributed by atoms with Crippen molar-refractivity contribution in [2.75, 3.05) is 7.05 Å². The molecule has 1 fully saturated rings. The van der Waals surface area contributed by atoms with E-state index in [2.05, 4.69) is 5.32 Å². The number of likely N-dealkylation sites (N-methyl/N-ethyl adjacent to an activating group) is 1. The van der Waals surface area contributed by atoms with E-state index in [1.165, 1.54) is 56.7 Å². The summed E-state index contributed by atoms with van der Waals surface area (Å²) in [5, 5.41) is 3.25. The van der Waals surface area contributed by atoms with Gasteiger partial charge in [0.2, 0.25) is 0 Å². The third-order valence-corrected chi connectivity index (χ3v) is 4.53. The molecule has 0 aromatic heterocycles. The number of nitrogens with one attached hydrogen (secondary N) is 1. The zero-order chi connectivity index (χ0) is 14.4. The van der Waals surface area contributed by atoms with Gasteiger partial charge >= 0.3 is 0 Å². The Labute approximate surface area is 120 Å². The average Bonchev–Trinajstić information content (AvgIpc) is 2.48. The molecule has 0 amide bonds. The van der Waals surface area contributed by atoms with Gasteiger partial charge in [-0.15, -0.1) is 0 Å². The van der Waals surface area contributed by atoms with Crippen molar-refractivity contribution >= 4 is 0 Å². The van der Waals surface area contributed by atoms with Crippen LogP contribution in [0.4, 0.5) is 8.78 Å². The fourth-order valence-corrected chi connectivity index (χ4v) is 3.23. The molecule has 1 saturated carbocycles. The Morgan fingerprint density at radius 2 is 1.95 bits per heavy atom. The van der Waals surface area contributed by atoms with Gasteiger partial charge in [-0.2, -0.15) is 0 Å². The van der Waals surface area contributed by atoms with Crippen LogP contribution in [0.5, 0.6) is 0 Å². The van der Waals surface area contributed by atoms with Crippen LogP contribution in [0.25, 0.3) is 0 Å². The Bertz CT molecular complexity index is 413. The van der Waals surface area contributed by atoms with Gasteiger partial charge in [-0.1, -0.05) is 32.1 Å². The highest BCUT2D eigenvalue weighted by atomic mass is 19.1. The smallest absolute Gasteiger partial charge is 0.126 e. The van der Waals surface area contributed by atoms with Gasteiger partial charge in [0.15, 0.2) is 0 Å². The minimum atomic E-state index is -0.358. The van der Waals surface area contributed by atoms with Gasteiger partial charge in [0.05, 0.1) is 0 Å². The van der Waals surface area contributed by atoms with Crippen LogP contribution in [0.1, 0.15) is 50.5 Å². The second-order valence-electron chi connectivity index (χ2n) is 6.01. The van der Waals surface area contributed by atoms with Crippen LogP contribution in [-0.2, 0) is 6.42 Å². The maximum absolute atomic E-state index is 13.7. The molecule has 1 atom stereocenters. The molecule has 0 bridgehead atoms. The van der Waals surface area contributed by atoms with Crippen LogP contribution in [-0.4, -0.2) is 13.1 Å². The Kier molecular flexibility index (Phi) is 5.96. The summed E-state index contributed by atoms with van der Waals surface area (Å²) in [5.41, 5.74) is 0.480. The molecule has 1 aliphatic rings. The molecule has 2 rings (SSSR count). The monoisotopic (exact) mass is 281 g/mol. The molecule has 3 heteroatoms. The maximum Gasteiger partial charge on any atom is 0.126 e. The Morgan fingerprint density at radius 1 is 1.20 bits per heavy atom. The molecule has 1 aromatic rings. The highest BCUT2D eigenvalue weighted by Crippen LogP contribution is 2.28. The Morgan fingerprint density at radius 3 is 2.65 bits per heavy atom. The van der Waals surface area contributed by atoms with Crippen molar-refractivity contribution in [3.63, 3.8) is 0 Å². The van der Waals surface area contributed by atoms with Crippen LogP contribution in [0.2, 0.25) is 0 Å². The topological polar surface area (TPSA) is 12.0 Å². The van der Waals surface area contributed by atoms with Crippen LogP contribution < -0.4 is 5.32 Å². The van der Waals surface area contributed by atoms with E-state index in [0.29, 0.717) is 12.0 Å². The molecule has 0 heterocycles. The highest BCUT2D eigenvalue weighted by Gasteiger charge is 2.17. The van der Waals surface area contributed by atoms with Gasteiger partial charge in [-0.25, -0.2) is 8.78 Å². The standard InChI is InChI=1S/C17H25F2N/c1-20-16(9-7-13-5-3-2-4-6-13)12-14-11-15(18)8-10-17(14)19/h8,10-11,13,16,20H,2-7,9,12H2,1H3. The normalized spacial score (nSPS) is 18.1. The number of hydrogen-bond donors (Lipinski definition) is 1. The molecule has 112 valence electrons. The molecule has 0 spiro atoms. The lowest BCUT2D eigenvalue weighted by Gasteiger charge is -2.24. The SMILES string of the molecule is CNC(CCC1CCCCC1)Cc1cc(F)ccc1F. The lowest BCUT2D eigenvalue weighted by atomic mass is 9.84. The minimum Gasteiger partial charge on any atom is -0.317 e. The lowest BCUT2D eigenvalue weighted by molar-refractivity contribution is 0.315. The second-order valence-corrected chi connectivity index (χ2v) is 6.01. The van der Waals surface area contributed by atoms with Crippen LogP contribution in [0.3, 0.4) is 0 Å². The van der Waals surface area contributed by atoms with Gasteiger partial charge in [-0.05, 0) is 56.0 Å². The van der Waals surface area contributed by atoms with Crippen molar-refractivity contribution in [1.82, 2.24) is 5.32 Å². The molecule has 1 aliphatic carbocycles. The molecule has 0 saturated heterocycles. The predicted molar refractivity (Wildman–Crippen MR) is 78.7 cm³/mol. The molecular weight excluding hydrogens is 256 g/mol. The fourth-order valence-electron chi connectivity index (χ4n) is 3.23. The molecule has 1 unspecified atom stereocenters. The first-order chi connectivity index (χ1) is 9.69. The van der Waals surface area contributed by atoms with Gasteiger partial charge in [-0.3, -0.25) is 0 Å². The van der Waals surface area contributed by atoms with E-state index >= 15 is 0 Å². The van der Waals surface area contributed by atoms with E-state index in [0.717, 1.165) is 12.3 Å². The summed E-state index contributed by atoms with van der Waals surface area (Å²) in [5.74, 6) is 0.171. The van der Waals surface area contributed by atoms with Crippen LogP contribution in [0, 0.1) is 17.6 Å². The molecule has 0 radical (unpaired) electrons. The largest absolute Gasteiger partial charge is 0.317 e. The summed E-state index contributed by atoms with van der Waals surface area (Å²) in [4.78, 5) is 0. The van der Waals surface area contributed by atoms with Crippen molar-refractivity contribution in [3.8, 4) is 0 Å². The van der Waals surface area contributed by atoms with E-state index in [9.17, 15) is 8.78 Å². The van der Waals surface area contributed by atoms with E-state index < -0.39 is 0 Å². The van der Waals surface area contributed by atoms with E-state index in [-0.39, 0.29) is 17.7 Å². The van der Waals surface area contributed by atoms with Crippen molar-refractivity contribution in [2.45, 2.75) is 57.4 Å². The average molecular weight is 281 g/mol. The van der Waals surface area contributed by atoms with Crippen LogP contribution in [0.15, 0.2) is 18.2 Å². The van der Waals surface area contributed by atoms with Gasteiger partial charge in [0.25, 0.3) is 0 Å². The molecule has 0 aliphatic heterocycles. The van der Waals surface area contributed by atoms with Crippen LogP contribution >= 0.6 is 0 Å². The van der Waals surface area contributed by atoms with Gasteiger partial charge in [0, 0.05) is 6.04 Å². The second kappa shape index (κ2) is 7.72. The summed E-state index contributed by atoms with van der Waals surface area (Å²) in [7, 11) is 1.91. The summed E-state index contributed by atoms with van der Waals surface area (Å²) in [6.07, 6.45) is 9.56. The molecule has 1 nitrogen and oxygen atoms in total. The van der Waals surface area contributed by atoms with Gasteiger partial charge < -0.3 is 5.32 Å². The maximum atomic E-state index is 13.7. The van der Waals surface area contributed by atoms with E-state index in [1.54, 1.807) is 0 Å². The summed E-state index contributed by atoms with van der Waals surface area (Å²) in [6, 6.07) is 3.95. The van der Waals surface area contributed by atoms with E-state index in [4.69, 9.17) is 0 Å². The molecule has 1 N–H and O–H groups in total. The number of hydrogen-bond acceptors (Lipinski definition) is 1. The summed E-state index contributed by atoms with van der Waals surface area (Å²) < 4.78 is 26.9. The zero-order valence-corrected chi connectivity index (χ0v) is 12.3. The summed E-state index contributed by atoms with van der Waals surface area (Å²) in [6.45, 7) is 0. The van der Waals surface area contributed by atoms with Gasteiger partial charge in [0.1, 0.15) is 11.6 Å². The molecular formula is C17H25F2N. The van der Waals surface area contributed by atoms with E-state index in [1.807, 2.05) is 7.05 Å². The first-order valence-electron chi connectivity index (χ1n) is 7.80. The number of rotatable bonds is 6. The molecule has 20 heavy (non-hydrogen) atoms. The Hall–Kier alpha value is -0.960. The lowest BCUT2D eigenvalue weighted by Crippen LogP contribution is -2.29. The Balaban J connectivity index is 1.86. The summed E-state index contributed by atoms with van der Waals surface area (Å²) >= 11 is 0. The quantitative estimate of drug-likeness (QED) is 0.812. The number of benzene rings is 1. The van der Waals surface area contributed by atoms with Crippen molar-refractivity contribution in [1.29, 1.82) is 0 Å².